The lowest BCUT2D eigenvalue weighted by atomic mass is 9.94. The number of hydrogen-bond donors (Lipinski definition) is 0. The molecule has 0 aliphatic carbocycles. The number of thiazole rings is 1. The molecule has 4 rings (SSSR count). The van der Waals surface area contributed by atoms with Crippen LogP contribution in [0.2, 0.25) is 0 Å². The summed E-state index contributed by atoms with van der Waals surface area (Å²) < 4.78 is 23.5. The first-order chi connectivity index (χ1) is 17.3. The molecule has 11 nitrogen and oxygen atoms in total. The molecule has 3 heterocycles. The number of ether oxygens (including phenoxy) is 3. The van der Waals surface area contributed by atoms with Crippen LogP contribution in [0.15, 0.2) is 55.8 Å². The van der Waals surface area contributed by atoms with Gasteiger partial charge in [0, 0.05) is 11.6 Å². The van der Waals surface area contributed by atoms with Crippen molar-refractivity contribution >= 4 is 29.3 Å². The molecule has 1 atom stereocenters. The van der Waals surface area contributed by atoms with Crippen molar-refractivity contribution in [1.29, 1.82) is 0 Å². The van der Waals surface area contributed by atoms with E-state index in [0.29, 0.717) is 34.2 Å². The SMILES string of the molecule is CCOC(=O)C1=C(C)N=c2s/c(=C/c3ccc([N+](=O)[O-])o3)c(=O)n2C1c1cccc(OC)c1OCC. The fourth-order valence-electron chi connectivity index (χ4n) is 3.94. The van der Waals surface area contributed by atoms with Gasteiger partial charge in [0.1, 0.15) is 16.7 Å². The summed E-state index contributed by atoms with van der Waals surface area (Å²) in [4.78, 5) is 41.9. The van der Waals surface area contributed by atoms with Crippen LogP contribution in [0.1, 0.15) is 38.1 Å². The lowest BCUT2D eigenvalue weighted by molar-refractivity contribution is -0.402. The first kappa shape index (κ1) is 24.9. The number of benzene rings is 1. The number of fused-ring (bicyclic) bond motifs is 1. The lowest BCUT2D eigenvalue weighted by Crippen LogP contribution is -2.40. The van der Waals surface area contributed by atoms with Gasteiger partial charge in [0.2, 0.25) is 0 Å². The molecule has 0 radical (unpaired) electrons. The molecule has 0 fully saturated rings. The smallest absolute Gasteiger partial charge is 0.433 e. The Labute approximate surface area is 208 Å². The summed E-state index contributed by atoms with van der Waals surface area (Å²) in [5, 5.41) is 11.0. The highest BCUT2D eigenvalue weighted by molar-refractivity contribution is 7.07. The van der Waals surface area contributed by atoms with Crippen LogP contribution in [0.5, 0.6) is 11.5 Å². The van der Waals surface area contributed by atoms with Crippen LogP contribution < -0.4 is 24.4 Å². The molecule has 0 saturated heterocycles. The number of rotatable bonds is 8. The first-order valence-electron chi connectivity index (χ1n) is 11.0. The minimum Gasteiger partial charge on any atom is -0.493 e. The number of esters is 1. The maximum absolute atomic E-state index is 13.7. The highest BCUT2D eigenvalue weighted by atomic mass is 32.1. The zero-order chi connectivity index (χ0) is 26.0. The number of nitrogens with zero attached hydrogens (tertiary/aromatic N) is 3. The van der Waals surface area contributed by atoms with Gasteiger partial charge in [0.15, 0.2) is 16.3 Å². The van der Waals surface area contributed by atoms with Crippen molar-refractivity contribution in [3.63, 3.8) is 0 Å². The monoisotopic (exact) mass is 513 g/mol. The Balaban J connectivity index is 2.00. The number of methoxy groups -OCH3 is 1. The molecule has 0 amide bonds. The second kappa shape index (κ2) is 10.2. The highest BCUT2D eigenvalue weighted by Crippen LogP contribution is 2.40. The maximum atomic E-state index is 13.7. The number of carbonyl (C=O) groups excluding carboxylic acids is 1. The standard InChI is InChI=1S/C24H23N3O8S/c1-5-33-21-15(8-7-9-16(21)32-4)20-19(23(29)34-6-2)13(3)25-24-26(20)22(28)17(36-24)12-14-10-11-18(35-14)27(30)31/h7-12,20H,5-6H2,1-4H3/b17-12+. The molecule has 2 aromatic heterocycles. The number of nitro groups is 1. The van der Waals surface area contributed by atoms with Crippen LogP contribution in [0.4, 0.5) is 5.88 Å². The molecule has 36 heavy (non-hydrogen) atoms. The van der Waals surface area contributed by atoms with Gasteiger partial charge in [-0.3, -0.25) is 19.5 Å². The Bertz CT molecular complexity index is 1550. The van der Waals surface area contributed by atoms with Gasteiger partial charge in [-0.1, -0.05) is 23.5 Å². The zero-order valence-corrected chi connectivity index (χ0v) is 20.8. The Morgan fingerprint density at radius 2 is 2.06 bits per heavy atom. The lowest BCUT2D eigenvalue weighted by Gasteiger charge is -2.26. The molecule has 1 aromatic carbocycles. The normalized spacial score (nSPS) is 15.3. The summed E-state index contributed by atoms with van der Waals surface area (Å²) in [6.45, 7) is 5.64. The second-order valence-corrected chi connectivity index (χ2v) is 8.56. The van der Waals surface area contributed by atoms with Crippen molar-refractivity contribution in [2.75, 3.05) is 20.3 Å². The largest absolute Gasteiger partial charge is 0.493 e. The quantitative estimate of drug-likeness (QED) is 0.255. The van der Waals surface area contributed by atoms with Gasteiger partial charge in [-0.05, 0) is 32.9 Å². The summed E-state index contributed by atoms with van der Waals surface area (Å²) in [6.07, 6.45) is 1.41. The summed E-state index contributed by atoms with van der Waals surface area (Å²) in [5.41, 5.74) is 0.654. The molecule has 12 heteroatoms. The van der Waals surface area contributed by atoms with Crippen LogP contribution in [-0.4, -0.2) is 35.8 Å². The van der Waals surface area contributed by atoms with Crippen molar-refractivity contribution < 1.29 is 28.3 Å². The van der Waals surface area contributed by atoms with E-state index >= 15 is 0 Å². The van der Waals surface area contributed by atoms with Gasteiger partial charge in [-0.2, -0.15) is 0 Å². The minimum absolute atomic E-state index is 0.139. The topological polar surface area (TPSA) is 135 Å². The second-order valence-electron chi connectivity index (χ2n) is 7.55. The van der Waals surface area contributed by atoms with E-state index < -0.39 is 28.4 Å². The average Bonchev–Trinajstić information content (AvgIpc) is 3.43. The molecular formula is C24H23N3O8S. The van der Waals surface area contributed by atoms with E-state index in [4.69, 9.17) is 18.6 Å². The van der Waals surface area contributed by atoms with Crippen LogP contribution in [-0.2, 0) is 9.53 Å². The van der Waals surface area contributed by atoms with Crippen LogP contribution in [0.3, 0.4) is 0 Å². The van der Waals surface area contributed by atoms with Gasteiger partial charge < -0.3 is 18.6 Å². The molecule has 3 aromatic rings. The molecule has 0 saturated carbocycles. The van der Waals surface area contributed by atoms with E-state index in [-0.39, 0.29) is 22.5 Å². The number of carbonyl (C=O) groups is 1. The fourth-order valence-corrected chi connectivity index (χ4v) is 4.97. The van der Waals surface area contributed by atoms with Gasteiger partial charge >= 0.3 is 11.9 Å². The van der Waals surface area contributed by atoms with E-state index in [2.05, 4.69) is 4.99 Å². The third-order valence-electron chi connectivity index (χ3n) is 5.40. The highest BCUT2D eigenvalue weighted by Gasteiger charge is 2.36. The van der Waals surface area contributed by atoms with Gasteiger partial charge in [-0.25, -0.2) is 9.79 Å². The molecule has 188 valence electrons. The van der Waals surface area contributed by atoms with Crippen molar-refractivity contribution in [1.82, 2.24) is 4.57 Å². The van der Waals surface area contributed by atoms with Crippen molar-refractivity contribution in [3.8, 4) is 11.5 Å². The minimum atomic E-state index is -0.912. The average molecular weight is 514 g/mol. The first-order valence-corrected chi connectivity index (χ1v) is 11.9. The number of furan rings is 1. The van der Waals surface area contributed by atoms with E-state index in [9.17, 15) is 19.7 Å². The Hall–Kier alpha value is -4.19. The number of hydrogen-bond acceptors (Lipinski definition) is 10. The molecule has 1 unspecified atom stereocenters. The van der Waals surface area contributed by atoms with Crippen LogP contribution in [0.25, 0.3) is 6.08 Å². The van der Waals surface area contributed by atoms with Crippen molar-refractivity contribution in [2.45, 2.75) is 26.8 Å². The van der Waals surface area contributed by atoms with Crippen molar-refractivity contribution in [3.05, 3.63) is 82.7 Å². The van der Waals surface area contributed by atoms with E-state index in [0.717, 1.165) is 11.3 Å². The van der Waals surface area contributed by atoms with Gasteiger partial charge in [0.05, 0.1) is 42.2 Å². The fraction of sp³-hybridized carbons (Fsp3) is 0.292. The molecule has 1 aliphatic rings. The molecule has 0 bridgehead atoms. The van der Waals surface area contributed by atoms with Crippen molar-refractivity contribution in [2.24, 2.45) is 4.99 Å². The molecular weight excluding hydrogens is 490 g/mol. The summed E-state index contributed by atoms with van der Waals surface area (Å²) in [7, 11) is 1.50. The third kappa shape index (κ3) is 4.42. The van der Waals surface area contributed by atoms with E-state index in [1.807, 2.05) is 6.92 Å². The number of allylic oxidation sites excluding steroid dienone is 1. The maximum Gasteiger partial charge on any atom is 0.433 e. The Kier molecular flexibility index (Phi) is 7.06. The third-order valence-corrected chi connectivity index (χ3v) is 6.38. The molecule has 0 N–H and O–H groups in total. The van der Waals surface area contributed by atoms with Gasteiger partial charge in [0.25, 0.3) is 5.56 Å². The number of para-hydroxylation sites is 1. The molecule has 0 spiro atoms. The summed E-state index contributed by atoms with van der Waals surface area (Å²) >= 11 is 1.07. The summed E-state index contributed by atoms with van der Waals surface area (Å²) in [5.74, 6) is -0.0752. The predicted octanol–water partition coefficient (Wildman–Crippen LogP) is 2.71. The Morgan fingerprint density at radius 1 is 1.28 bits per heavy atom. The molecule has 1 aliphatic heterocycles. The van der Waals surface area contributed by atoms with Gasteiger partial charge in [-0.15, -0.1) is 0 Å². The predicted molar refractivity (Wildman–Crippen MR) is 130 cm³/mol. The number of aromatic nitrogens is 1. The Morgan fingerprint density at radius 3 is 2.69 bits per heavy atom. The van der Waals surface area contributed by atoms with E-state index in [1.54, 1.807) is 32.0 Å². The zero-order valence-electron chi connectivity index (χ0n) is 20.0. The van der Waals surface area contributed by atoms with Crippen LogP contribution >= 0.6 is 11.3 Å². The van der Waals surface area contributed by atoms with E-state index in [1.165, 1.54) is 29.9 Å². The summed E-state index contributed by atoms with van der Waals surface area (Å²) in [6, 6.07) is 6.92. The van der Waals surface area contributed by atoms with Crippen LogP contribution in [0, 0.1) is 10.1 Å².